The molecule has 1 heterocycles. The van der Waals surface area contributed by atoms with Crippen LogP contribution in [-0.2, 0) is 9.22 Å². The Kier molecular flexibility index (Phi) is 6.22. The van der Waals surface area contributed by atoms with E-state index >= 15 is 0 Å². The van der Waals surface area contributed by atoms with Gasteiger partial charge in [-0.25, -0.2) is 0 Å². The van der Waals surface area contributed by atoms with E-state index in [0.29, 0.717) is 12.1 Å². The summed E-state index contributed by atoms with van der Waals surface area (Å²) in [7, 11) is -2.13. The lowest BCUT2D eigenvalue weighted by Crippen LogP contribution is -2.47. The van der Waals surface area contributed by atoms with Crippen LogP contribution in [-0.4, -0.2) is 37.4 Å². The summed E-state index contributed by atoms with van der Waals surface area (Å²) in [6, 6.07) is 1.35. The Bertz CT molecular complexity index is 729. The van der Waals surface area contributed by atoms with Crippen molar-refractivity contribution in [1.82, 2.24) is 4.90 Å². The second kappa shape index (κ2) is 7.67. The minimum absolute atomic E-state index is 0.0301. The van der Waals surface area contributed by atoms with Gasteiger partial charge in [-0.3, -0.25) is 4.79 Å². The molecule has 2 aliphatic rings. The van der Waals surface area contributed by atoms with Crippen molar-refractivity contribution < 1.29 is 22.4 Å². The molecule has 156 valence electrons. The zero-order valence-electron chi connectivity index (χ0n) is 17.4. The predicted molar refractivity (Wildman–Crippen MR) is 104 cm³/mol. The first-order chi connectivity index (χ1) is 12.7. The average molecular weight is 415 g/mol. The van der Waals surface area contributed by atoms with E-state index in [1.807, 2.05) is 6.92 Å². The Morgan fingerprint density at radius 3 is 2.32 bits per heavy atom. The molecule has 0 bridgehead atoms. The van der Waals surface area contributed by atoms with Crippen molar-refractivity contribution in [2.24, 2.45) is 5.92 Å². The van der Waals surface area contributed by atoms with Crippen LogP contribution < -0.4 is 0 Å². The summed E-state index contributed by atoms with van der Waals surface area (Å²) in [4.78, 5) is 14.2. The zero-order valence-corrected chi connectivity index (χ0v) is 18.4. The van der Waals surface area contributed by atoms with Gasteiger partial charge >= 0.3 is 6.18 Å². The number of nitrogens with zero attached hydrogens (tertiary/aromatic N) is 2. The summed E-state index contributed by atoms with van der Waals surface area (Å²) >= 11 is 0. The molecule has 1 saturated heterocycles. The molecule has 1 aliphatic heterocycles. The lowest BCUT2D eigenvalue weighted by molar-refractivity contribution is -0.164. The molecule has 8 heteroatoms. The Labute approximate surface area is 166 Å². The van der Waals surface area contributed by atoms with E-state index in [1.165, 1.54) is 17.1 Å². The molecule has 0 spiro atoms. The second-order valence-electron chi connectivity index (χ2n) is 9.05. The standard InChI is InChI=1S/C20H29F3N2O2Si/c1-7-16-17(27-28(5,6)19(2,3)4)11-18(26)25(16)14-9-8-13(12-24)15(10-14)20(21,22)23/h8-9,15-17H,7,10-11H2,1-6H3/t15?,16-,17+/m0/s1. The van der Waals surface area contributed by atoms with Crippen molar-refractivity contribution in [3.8, 4) is 6.07 Å². The van der Waals surface area contributed by atoms with E-state index in [2.05, 4.69) is 33.9 Å². The first-order valence-corrected chi connectivity index (χ1v) is 12.5. The van der Waals surface area contributed by atoms with Crippen LogP contribution in [0.3, 0.4) is 0 Å². The van der Waals surface area contributed by atoms with Gasteiger partial charge in [0.15, 0.2) is 8.32 Å². The number of likely N-dealkylation sites (tertiary alicyclic amines) is 1. The van der Waals surface area contributed by atoms with Gasteiger partial charge in [-0.15, -0.1) is 0 Å². The lowest BCUT2D eigenvalue weighted by atomic mass is 9.89. The van der Waals surface area contributed by atoms with Crippen LogP contribution >= 0.6 is 0 Å². The molecule has 0 N–H and O–H groups in total. The summed E-state index contributed by atoms with van der Waals surface area (Å²) < 4.78 is 46.7. The number of alkyl halides is 3. The number of hydrogen-bond donors (Lipinski definition) is 0. The number of hydrogen-bond acceptors (Lipinski definition) is 3. The lowest BCUT2D eigenvalue weighted by Gasteiger charge is -2.40. The van der Waals surface area contributed by atoms with E-state index in [9.17, 15) is 18.0 Å². The van der Waals surface area contributed by atoms with Gasteiger partial charge in [0.05, 0.1) is 30.6 Å². The van der Waals surface area contributed by atoms with Crippen LogP contribution in [0.25, 0.3) is 0 Å². The Morgan fingerprint density at radius 2 is 1.86 bits per heavy atom. The highest BCUT2D eigenvalue weighted by Crippen LogP contribution is 2.43. The van der Waals surface area contributed by atoms with Crippen LogP contribution in [0.1, 0.15) is 47.0 Å². The fourth-order valence-corrected chi connectivity index (χ4v) is 4.88. The number of amides is 1. The molecule has 1 aliphatic carbocycles. The molecule has 0 radical (unpaired) electrons. The maximum Gasteiger partial charge on any atom is 0.396 e. The van der Waals surface area contributed by atoms with E-state index in [0.717, 1.165) is 0 Å². The van der Waals surface area contributed by atoms with Crippen molar-refractivity contribution in [3.63, 3.8) is 0 Å². The maximum absolute atomic E-state index is 13.4. The van der Waals surface area contributed by atoms with Gasteiger partial charge in [0.1, 0.15) is 0 Å². The second-order valence-corrected chi connectivity index (χ2v) is 13.8. The largest absolute Gasteiger partial charge is 0.411 e. The quantitative estimate of drug-likeness (QED) is 0.586. The summed E-state index contributed by atoms with van der Waals surface area (Å²) in [5.74, 6) is -2.08. The fourth-order valence-electron chi connectivity index (χ4n) is 3.53. The van der Waals surface area contributed by atoms with Gasteiger partial charge < -0.3 is 9.33 Å². The van der Waals surface area contributed by atoms with Gasteiger partial charge in [0.2, 0.25) is 5.91 Å². The molecular weight excluding hydrogens is 385 g/mol. The smallest absolute Gasteiger partial charge is 0.396 e. The molecule has 28 heavy (non-hydrogen) atoms. The third kappa shape index (κ3) is 4.36. The van der Waals surface area contributed by atoms with Crippen LogP contribution in [0.4, 0.5) is 13.2 Å². The summed E-state index contributed by atoms with van der Waals surface area (Å²) in [6.07, 6.45) is -1.80. The monoisotopic (exact) mass is 414 g/mol. The van der Waals surface area contributed by atoms with E-state index in [1.54, 1.807) is 6.07 Å². The molecule has 0 aromatic heterocycles. The van der Waals surface area contributed by atoms with E-state index in [-0.39, 0.29) is 35.1 Å². The molecule has 0 saturated carbocycles. The molecule has 4 nitrogen and oxygen atoms in total. The summed E-state index contributed by atoms with van der Waals surface area (Å²) in [5.41, 5.74) is 0.00419. The molecule has 1 unspecified atom stereocenters. The summed E-state index contributed by atoms with van der Waals surface area (Å²) in [6.45, 7) is 12.5. The van der Waals surface area contributed by atoms with Crippen LogP contribution in [0.2, 0.25) is 18.1 Å². The molecule has 0 aromatic rings. The molecule has 1 amide bonds. The first-order valence-electron chi connectivity index (χ1n) is 9.60. The topological polar surface area (TPSA) is 53.3 Å². The molecular formula is C20H29F3N2O2Si. The third-order valence-corrected chi connectivity index (χ3v) is 10.7. The third-order valence-electron chi connectivity index (χ3n) is 6.15. The Hall–Kier alpha value is -1.59. The maximum atomic E-state index is 13.4. The van der Waals surface area contributed by atoms with E-state index < -0.39 is 26.8 Å². The van der Waals surface area contributed by atoms with Gasteiger partial charge in [-0.05, 0) is 36.7 Å². The molecule has 2 rings (SSSR count). The van der Waals surface area contributed by atoms with Crippen LogP contribution in [0.5, 0.6) is 0 Å². The van der Waals surface area contributed by atoms with Crippen molar-refractivity contribution in [2.75, 3.05) is 0 Å². The zero-order chi connectivity index (χ0) is 21.5. The van der Waals surface area contributed by atoms with Gasteiger partial charge in [0, 0.05) is 17.7 Å². The normalized spacial score (nSPS) is 26.8. The van der Waals surface area contributed by atoms with Crippen molar-refractivity contribution in [2.45, 2.75) is 83.4 Å². The average Bonchev–Trinajstić information content (AvgIpc) is 2.86. The van der Waals surface area contributed by atoms with Crippen molar-refractivity contribution in [3.05, 3.63) is 23.4 Å². The highest BCUT2D eigenvalue weighted by molar-refractivity contribution is 6.74. The molecule has 0 aromatic carbocycles. The highest BCUT2D eigenvalue weighted by atomic mass is 28.4. The number of carbonyl (C=O) groups excluding carboxylic acids is 1. The molecule has 1 fully saturated rings. The number of allylic oxidation sites excluding steroid dienone is 4. The van der Waals surface area contributed by atoms with E-state index in [4.69, 9.17) is 9.69 Å². The predicted octanol–water partition coefficient (Wildman–Crippen LogP) is 5.30. The fraction of sp³-hybridized carbons (Fsp3) is 0.700. The minimum atomic E-state index is -4.53. The number of halogens is 3. The van der Waals surface area contributed by atoms with Crippen LogP contribution in [0.15, 0.2) is 23.4 Å². The SMILES string of the molecule is CC[C@H]1[C@H](O[Si](C)(C)C(C)(C)C)CC(=O)N1C1=CC=C(C#N)C(C(F)(F)F)C1. The summed E-state index contributed by atoms with van der Waals surface area (Å²) in [5, 5.41) is 9.00. The number of carbonyl (C=O) groups is 1. The van der Waals surface area contributed by atoms with Gasteiger partial charge in [0.25, 0.3) is 0 Å². The minimum Gasteiger partial charge on any atom is -0.411 e. The van der Waals surface area contributed by atoms with Crippen LogP contribution in [0, 0.1) is 17.2 Å². The van der Waals surface area contributed by atoms with Gasteiger partial charge in [-0.2, -0.15) is 18.4 Å². The first kappa shape index (κ1) is 22.7. The van der Waals surface area contributed by atoms with Crippen molar-refractivity contribution in [1.29, 1.82) is 5.26 Å². The number of rotatable bonds is 4. The Morgan fingerprint density at radius 1 is 1.25 bits per heavy atom. The Balaban J connectivity index is 2.31. The highest BCUT2D eigenvalue weighted by Gasteiger charge is 2.49. The van der Waals surface area contributed by atoms with Gasteiger partial charge in [-0.1, -0.05) is 27.7 Å². The number of nitriles is 1. The molecule has 3 atom stereocenters. The van der Waals surface area contributed by atoms with Crippen molar-refractivity contribution >= 4 is 14.2 Å².